The summed E-state index contributed by atoms with van der Waals surface area (Å²) in [5.74, 6) is 1.71. The van der Waals surface area contributed by atoms with E-state index in [1.54, 1.807) is 0 Å². The molecule has 1 atom stereocenters. The maximum Gasteiger partial charge on any atom is 0.273 e. The number of fused-ring (bicyclic) bond motifs is 1. The number of carbonyl (C=O) groups is 1. The Morgan fingerprint density at radius 2 is 1.97 bits per heavy atom. The third kappa shape index (κ3) is 5.41. The van der Waals surface area contributed by atoms with Crippen LogP contribution >= 0.6 is 11.6 Å². The van der Waals surface area contributed by atoms with Crippen molar-refractivity contribution in [2.45, 2.75) is 45.9 Å². The van der Waals surface area contributed by atoms with Gasteiger partial charge in [-0.25, -0.2) is 4.98 Å². The fourth-order valence-corrected chi connectivity index (χ4v) is 3.61. The van der Waals surface area contributed by atoms with Crippen molar-refractivity contribution >= 4 is 17.5 Å². The highest BCUT2D eigenvalue weighted by Gasteiger charge is 2.19. The van der Waals surface area contributed by atoms with E-state index in [4.69, 9.17) is 25.5 Å². The van der Waals surface area contributed by atoms with Gasteiger partial charge in [0.1, 0.15) is 6.26 Å². The zero-order chi connectivity index (χ0) is 22.5. The van der Waals surface area contributed by atoms with Crippen molar-refractivity contribution in [3.63, 3.8) is 0 Å². The highest BCUT2D eigenvalue weighted by Crippen LogP contribution is 2.33. The van der Waals surface area contributed by atoms with Gasteiger partial charge in [-0.3, -0.25) is 9.69 Å². The highest BCUT2D eigenvalue weighted by atomic mass is 35.5. The van der Waals surface area contributed by atoms with Gasteiger partial charge in [0.2, 0.25) is 12.7 Å². The summed E-state index contributed by atoms with van der Waals surface area (Å²) in [4.78, 5) is 18.9. The van der Waals surface area contributed by atoms with E-state index in [-0.39, 0.29) is 24.4 Å². The molecule has 1 aromatic heterocycles. The Hall–Kier alpha value is -3.03. The van der Waals surface area contributed by atoms with Crippen LogP contribution in [0.3, 0.4) is 0 Å². The molecule has 0 saturated carbocycles. The minimum absolute atomic E-state index is 0.0744. The number of amides is 1. The lowest BCUT2D eigenvalue weighted by Crippen LogP contribution is -2.32. The molecule has 0 radical (unpaired) electrons. The van der Waals surface area contributed by atoms with Gasteiger partial charge < -0.3 is 19.2 Å². The maximum atomic E-state index is 12.4. The second-order valence-corrected chi connectivity index (χ2v) is 8.24. The summed E-state index contributed by atoms with van der Waals surface area (Å²) in [6, 6.07) is 13.7. The van der Waals surface area contributed by atoms with Crippen molar-refractivity contribution in [1.29, 1.82) is 0 Å². The number of carbonyl (C=O) groups excluding carboxylic acids is 1. The summed E-state index contributed by atoms with van der Waals surface area (Å²) in [6.45, 7) is 5.82. The lowest BCUT2D eigenvalue weighted by Gasteiger charge is -2.22. The number of halogens is 1. The molecule has 0 bridgehead atoms. The summed E-state index contributed by atoms with van der Waals surface area (Å²) in [7, 11) is 0. The van der Waals surface area contributed by atoms with Gasteiger partial charge in [0.05, 0.1) is 6.54 Å². The van der Waals surface area contributed by atoms with Crippen molar-refractivity contribution in [3.8, 4) is 11.5 Å². The van der Waals surface area contributed by atoms with Crippen molar-refractivity contribution in [2.24, 2.45) is 0 Å². The van der Waals surface area contributed by atoms with E-state index in [2.05, 4.69) is 15.2 Å². The van der Waals surface area contributed by atoms with Crippen LogP contribution in [0, 0.1) is 0 Å². The van der Waals surface area contributed by atoms with Crippen molar-refractivity contribution in [2.75, 3.05) is 6.79 Å². The molecule has 1 N–H and O–H groups in total. The molecule has 0 saturated heterocycles. The number of nitrogens with one attached hydrogen (secondary N) is 1. The first kappa shape index (κ1) is 22.2. The Morgan fingerprint density at radius 3 is 2.78 bits per heavy atom. The quantitative estimate of drug-likeness (QED) is 0.500. The fraction of sp³-hybridized carbons (Fsp3) is 0.333. The van der Waals surface area contributed by atoms with E-state index >= 15 is 0 Å². The van der Waals surface area contributed by atoms with E-state index in [1.807, 2.05) is 56.3 Å². The molecule has 7 nitrogen and oxygen atoms in total. The Balaban J connectivity index is 1.51. The number of hydrogen-bond donors (Lipinski definition) is 1. The Labute approximate surface area is 192 Å². The van der Waals surface area contributed by atoms with Crippen LogP contribution in [0.1, 0.15) is 47.8 Å². The van der Waals surface area contributed by atoms with Crippen molar-refractivity contribution in [3.05, 3.63) is 76.5 Å². The summed E-state index contributed by atoms with van der Waals surface area (Å²) in [6.07, 6.45) is 2.25. The fourth-order valence-electron chi connectivity index (χ4n) is 3.41. The zero-order valence-corrected chi connectivity index (χ0v) is 18.9. The van der Waals surface area contributed by atoms with Crippen LogP contribution in [0.25, 0.3) is 0 Å². The minimum atomic E-state index is -0.234. The molecule has 0 spiro atoms. The van der Waals surface area contributed by atoms with Gasteiger partial charge in [-0.15, -0.1) is 0 Å². The monoisotopic (exact) mass is 455 g/mol. The molecule has 0 fully saturated rings. The van der Waals surface area contributed by atoms with E-state index in [0.717, 1.165) is 29.0 Å². The number of benzene rings is 2. The lowest BCUT2D eigenvalue weighted by molar-refractivity contribution is 0.0934. The van der Waals surface area contributed by atoms with Gasteiger partial charge in [0.15, 0.2) is 17.2 Å². The van der Waals surface area contributed by atoms with Crippen LogP contribution in [0.2, 0.25) is 5.02 Å². The summed E-state index contributed by atoms with van der Waals surface area (Å²) < 4.78 is 16.5. The number of oxazole rings is 1. The third-order valence-corrected chi connectivity index (χ3v) is 5.70. The summed E-state index contributed by atoms with van der Waals surface area (Å²) in [5.41, 5.74) is 2.33. The normalized spacial score (nSPS) is 13.4. The molecule has 2 aromatic carbocycles. The Morgan fingerprint density at radius 1 is 1.16 bits per heavy atom. The molecule has 1 aliphatic heterocycles. The number of hydrogen-bond acceptors (Lipinski definition) is 6. The molecular weight excluding hydrogens is 430 g/mol. The van der Waals surface area contributed by atoms with E-state index < -0.39 is 0 Å². The van der Waals surface area contributed by atoms with Gasteiger partial charge >= 0.3 is 0 Å². The van der Waals surface area contributed by atoms with Crippen LogP contribution in [0.15, 0.2) is 53.1 Å². The summed E-state index contributed by atoms with van der Waals surface area (Å²) >= 11 is 6.40. The number of rotatable bonds is 9. The molecular formula is C24H26ClN3O4. The molecule has 3 aromatic rings. The molecule has 1 aliphatic rings. The molecule has 4 rings (SSSR count). The standard InChI is InChI=1S/C24H26ClN3O4/c1-3-16(2)26-24(29)20-14-30-23(27-20)13-28(12-18-6-4-5-7-19(18)25)11-17-8-9-21-22(10-17)32-15-31-21/h4-10,14,16H,3,11-13,15H2,1-2H3,(H,26,29)/t16-/m1/s1. The topological polar surface area (TPSA) is 76.8 Å². The van der Waals surface area contributed by atoms with Gasteiger partial charge in [-0.1, -0.05) is 42.8 Å². The van der Waals surface area contributed by atoms with Gasteiger partial charge in [-0.05, 0) is 42.7 Å². The van der Waals surface area contributed by atoms with Gasteiger partial charge in [0.25, 0.3) is 5.91 Å². The third-order valence-electron chi connectivity index (χ3n) is 5.33. The average Bonchev–Trinajstić information content (AvgIpc) is 3.44. The highest BCUT2D eigenvalue weighted by molar-refractivity contribution is 6.31. The number of aromatic nitrogens is 1. The lowest BCUT2D eigenvalue weighted by atomic mass is 10.1. The first-order valence-electron chi connectivity index (χ1n) is 10.6. The minimum Gasteiger partial charge on any atom is -0.454 e. The molecule has 8 heteroatoms. The molecule has 0 aliphatic carbocycles. The second-order valence-electron chi connectivity index (χ2n) is 7.83. The Bertz CT molecular complexity index is 1080. The molecule has 2 heterocycles. The Kier molecular flexibility index (Phi) is 6.97. The summed E-state index contributed by atoms with van der Waals surface area (Å²) in [5, 5.41) is 3.60. The van der Waals surface area contributed by atoms with Crippen molar-refractivity contribution < 1.29 is 18.7 Å². The van der Waals surface area contributed by atoms with E-state index in [9.17, 15) is 4.79 Å². The van der Waals surface area contributed by atoms with Crippen LogP contribution < -0.4 is 14.8 Å². The number of nitrogens with zero attached hydrogens (tertiary/aromatic N) is 2. The molecule has 168 valence electrons. The molecule has 1 amide bonds. The average molecular weight is 456 g/mol. The predicted octanol–water partition coefficient (Wildman–Crippen LogP) is 4.79. The number of ether oxygens (including phenoxy) is 2. The van der Waals surface area contributed by atoms with Crippen LogP contribution in [0.4, 0.5) is 0 Å². The van der Waals surface area contributed by atoms with Crippen LogP contribution in [-0.4, -0.2) is 28.6 Å². The smallest absolute Gasteiger partial charge is 0.273 e. The SMILES string of the molecule is CC[C@@H](C)NC(=O)c1coc(CN(Cc2ccc3c(c2)OCO3)Cc2ccccc2Cl)n1. The zero-order valence-electron chi connectivity index (χ0n) is 18.1. The van der Waals surface area contributed by atoms with Crippen molar-refractivity contribution in [1.82, 2.24) is 15.2 Å². The predicted molar refractivity (Wildman–Crippen MR) is 121 cm³/mol. The second kappa shape index (κ2) is 10.1. The van der Waals surface area contributed by atoms with Crippen LogP contribution in [-0.2, 0) is 19.6 Å². The first-order valence-corrected chi connectivity index (χ1v) is 11.0. The molecule has 0 unspecified atom stereocenters. The largest absolute Gasteiger partial charge is 0.454 e. The first-order chi connectivity index (χ1) is 15.5. The van der Waals surface area contributed by atoms with E-state index in [0.29, 0.717) is 30.5 Å². The van der Waals surface area contributed by atoms with Crippen LogP contribution in [0.5, 0.6) is 11.5 Å². The van der Waals surface area contributed by atoms with E-state index in [1.165, 1.54) is 6.26 Å². The molecule has 32 heavy (non-hydrogen) atoms. The maximum absolute atomic E-state index is 12.4. The van der Waals surface area contributed by atoms with Gasteiger partial charge in [0, 0.05) is 24.2 Å². The van der Waals surface area contributed by atoms with Gasteiger partial charge in [-0.2, -0.15) is 0 Å².